The highest BCUT2D eigenvalue weighted by molar-refractivity contribution is 5.92. The van der Waals surface area contributed by atoms with Crippen LogP contribution in [0.3, 0.4) is 0 Å². The van der Waals surface area contributed by atoms with Gasteiger partial charge >= 0.3 is 0 Å². The van der Waals surface area contributed by atoms with E-state index in [2.05, 4.69) is 20.1 Å². The van der Waals surface area contributed by atoms with Crippen LogP contribution in [-0.2, 0) is 4.79 Å². The van der Waals surface area contributed by atoms with Crippen LogP contribution >= 0.6 is 0 Å². The van der Waals surface area contributed by atoms with Crippen LogP contribution < -0.4 is 4.90 Å². The quantitative estimate of drug-likeness (QED) is 0.785. The van der Waals surface area contributed by atoms with Crippen molar-refractivity contribution in [3.63, 3.8) is 0 Å². The van der Waals surface area contributed by atoms with Gasteiger partial charge in [0.1, 0.15) is 6.04 Å². The van der Waals surface area contributed by atoms with Crippen LogP contribution in [0.5, 0.6) is 0 Å². The number of rotatable bonds is 4. The van der Waals surface area contributed by atoms with Crippen molar-refractivity contribution in [1.82, 2.24) is 25.0 Å². The van der Waals surface area contributed by atoms with Gasteiger partial charge in [-0.05, 0) is 32.3 Å². The fourth-order valence-corrected chi connectivity index (χ4v) is 2.81. The number of aryl methyl sites for hydroxylation is 1. The second kappa shape index (κ2) is 7.42. The van der Waals surface area contributed by atoms with Gasteiger partial charge in [0.25, 0.3) is 0 Å². The number of aromatic nitrogens is 4. The molecule has 0 aromatic carbocycles. The highest BCUT2D eigenvalue weighted by Gasteiger charge is 2.30. The van der Waals surface area contributed by atoms with Gasteiger partial charge in [-0.15, -0.1) is 0 Å². The Hall–Kier alpha value is -2.77. The molecule has 3 heterocycles. The molecule has 0 aliphatic carbocycles. The molecule has 1 aliphatic heterocycles. The predicted octanol–water partition coefficient (Wildman–Crippen LogP) is 2.00. The Morgan fingerprint density at radius 2 is 2.08 bits per heavy atom. The summed E-state index contributed by atoms with van der Waals surface area (Å²) in [5.74, 6) is 1.66. The van der Waals surface area contributed by atoms with Gasteiger partial charge in [-0.2, -0.15) is 4.98 Å². The van der Waals surface area contributed by atoms with Gasteiger partial charge in [-0.3, -0.25) is 4.79 Å². The van der Waals surface area contributed by atoms with Crippen LogP contribution in [0.4, 0.5) is 5.95 Å². The zero-order valence-corrected chi connectivity index (χ0v) is 14.7. The van der Waals surface area contributed by atoms with Gasteiger partial charge in [0.2, 0.25) is 17.7 Å². The van der Waals surface area contributed by atoms with Crippen LogP contribution in [0, 0.1) is 6.92 Å². The number of hydrogen-bond donors (Lipinski definition) is 0. The first kappa shape index (κ1) is 17.1. The molecule has 132 valence electrons. The number of likely N-dealkylation sites (tertiary alicyclic amines) is 1. The summed E-state index contributed by atoms with van der Waals surface area (Å²) >= 11 is 0. The van der Waals surface area contributed by atoms with Gasteiger partial charge < -0.3 is 14.3 Å². The van der Waals surface area contributed by atoms with Crippen molar-refractivity contribution < 1.29 is 9.32 Å². The molecule has 1 amide bonds. The number of amides is 1. The smallest absolute Gasteiger partial charge is 0.249 e. The standard InChI is InChI=1S/C17H22N6O2/c1-12-20-16(25-21-12)14-6-4-5-9-23(14)15(24)8-7-13-10-18-17(19-11-13)22(2)3/h7-8,10-11,14H,4-6,9H2,1-3H3. The second-order valence-electron chi connectivity index (χ2n) is 6.27. The first-order chi connectivity index (χ1) is 12.0. The summed E-state index contributed by atoms with van der Waals surface area (Å²) in [6.45, 7) is 2.46. The van der Waals surface area contributed by atoms with Gasteiger partial charge in [0, 0.05) is 44.7 Å². The first-order valence-corrected chi connectivity index (χ1v) is 8.33. The lowest BCUT2D eigenvalue weighted by molar-refractivity contribution is -0.130. The van der Waals surface area contributed by atoms with Crippen LogP contribution in [0.15, 0.2) is 23.0 Å². The number of carbonyl (C=O) groups excluding carboxylic acids is 1. The molecule has 1 saturated heterocycles. The van der Waals surface area contributed by atoms with Gasteiger partial charge in [0.15, 0.2) is 5.82 Å². The van der Waals surface area contributed by atoms with Gasteiger partial charge in [-0.1, -0.05) is 5.16 Å². The minimum Gasteiger partial charge on any atom is -0.347 e. The van der Waals surface area contributed by atoms with E-state index in [4.69, 9.17) is 4.52 Å². The number of nitrogens with zero attached hydrogens (tertiary/aromatic N) is 6. The topological polar surface area (TPSA) is 88.3 Å². The average Bonchev–Trinajstić information content (AvgIpc) is 3.06. The average molecular weight is 342 g/mol. The normalized spacial score (nSPS) is 17.9. The molecular formula is C17H22N6O2. The van der Waals surface area contributed by atoms with E-state index in [0.717, 1.165) is 24.8 Å². The van der Waals surface area contributed by atoms with E-state index < -0.39 is 0 Å². The lowest BCUT2D eigenvalue weighted by Crippen LogP contribution is -2.37. The fourth-order valence-electron chi connectivity index (χ4n) is 2.81. The third-order valence-corrected chi connectivity index (χ3v) is 4.09. The molecule has 1 fully saturated rings. The lowest BCUT2D eigenvalue weighted by atomic mass is 10.0. The number of piperidine rings is 1. The van der Waals surface area contributed by atoms with Crippen LogP contribution in [0.25, 0.3) is 6.08 Å². The van der Waals surface area contributed by atoms with Crippen LogP contribution in [0.2, 0.25) is 0 Å². The summed E-state index contributed by atoms with van der Waals surface area (Å²) in [6, 6.07) is -0.153. The summed E-state index contributed by atoms with van der Waals surface area (Å²) in [4.78, 5) is 29.0. The molecule has 8 nitrogen and oxygen atoms in total. The molecule has 0 spiro atoms. The highest BCUT2D eigenvalue weighted by Crippen LogP contribution is 2.30. The predicted molar refractivity (Wildman–Crippen MR) is 92.7 cm³/mol. The Labute approximate surface area is 146 Å². The van der Waals surface area contributed by atoms with Crippen molar-refractivity contribution in [3.8, 4) is 0 Å². The van der Waals surface area contributed by atoms with Gasteiger partial charge in [-0.25, -0.2) is 9.97 Å². The minimum absolute atomic E-state index is 0.0720. The third kappa shape index (κ3) is 4.01. The van der Waals surface area contributed by atoms with E-state index in [1.54, 1.807) is 36.4 Å². The lowest BCUT2D eigenvalue weighted by Gasteiger charge is -2.32. The van der Waals surface area contributed by atoms with Gasteiger partial charge in [0.05, 0.1) is 0 Å². The molecule has 1 unspecified atom stereocenters. The van der Waals surface area contributed by atoms with E-state index in [0.29, 0.717) is 24.2 Å². The van der Waals surface area contributed by atoms with Crippen molar-refractivity contribution in [2.45, 2.75) is 32.2 Å². The van der Waals surface area contributed by atoms with Crippen molar-refractivity contribution in [2.75, 3.05) is 25.5 Å². The minimum atomic E-state index is -0.153. The molecule has 2 aromatic rings. The molecule has 0 radical (unpaired) electrons. The Bertz CT molecular complexity index is 753. The zero-order valence-electron chi connectivity index (χ0n) is 14.7. The number of hydrogen-bond acceptors (Lipinski definition) is 7. The van der Waals surface area contributed by atoms with E-state index in [-0.39, 0.29) is 11.9 Å². The van der Waals surface area contributed by atoms with Crippen molar-refractivity contribution in [3.05, 3.63) is 35.7 Å². The van der Waals surface area contributed by atoms with Crippen LogP contribution in [-0.4, -0.2) is 51.6 Å². The number of anilines is 1. The first-order valence-electron chi connectivity index (χ1n) is 8.33. The SMILES string of the molecule is Cc1noc(C2CCCCN2C(=O)C=Cc2cnc(N(C)C)nc2)n1. The second-order valence-corrected chi connectivity index (χ2v) is 6.27. The van der Waals surface area contributed by atoms with E-state index in [1.807, 2.05) is 19.0 Å². The Morgan fingerprint density at radius 1 is 1.32 bits per heavy atom. The third-order valence-electron chi connectivity index (χ3n) is 4.09. The summed E-state index contributed by atoms with van der Waals surface area (Å²) in [6.07, 6.45) is 9.52. The Kier molecular flexibility index (Phi) is 5.06. The Morgan fingerprint density at radius 3 is 2.72 bits per heavy atom. The summed E-state index contributed by atoms with van der Waals surface area (Å²) < 4.78 is 5.28. The summed E-state index contributed by atoms with van der Waals surface area (Å²) in [7, 11) is 3.76. The van der Waals surface area contributed by atoms with Crippen LogP contribution in [0.1, 0.15) is 42.6 Å². The molecule has 0 saturated carbocycles. The van der Waals surface area contributed by atoms with Crippen molar-refractivity contribution >= 4 is 17.9 Å². The monoisotopic (exact) mass is 342 g/mol. The summed E-state index contributed by atoms with van der Waals surface area (Å²) in [5, 5.41) is 3.84. The zero-order chi connectivity index (χ0) is 17.8. The number of carbonyl (C=O) groups is 1. The van der Waals surface area contributed by atoms with Crippen molar-refractivity contribution in [2.24, 2.45) is 0 Å². The maximum absolute atomic E-state index is 12.6. The molecule has 1 aliphatic rings. The molecule has 0 bridgehead atoms. The Balaban J connectivity index is 1.71. The molecule has 0 N–H and O–H groups in total. The highest BCUT2D eigenvalue weighted by atomic mass is 16.5. The van der Waals surface area contributed by atoms with E-state index >= 15 is 0 Å². The molecular weight excluding hydrogens is 320 g/mol. The maximum Gasteiger partial charge on any atom is 0.249 e. The van der Waals surface area contributed by atoms with E-state index in [9.17, 15) is 4.79 Å². The van der Waals surface area contributed by atoms with E-state index in [1.165, 1.54) is 0 Å². The molecule has 8 heteroatoms. The fraction of sp³-hybridized carbons (Fsp3) is 0.471. The molecule has 1 atom stereocenters. The maximum atomic E-state index is 12.6. The largest absolute Gasteiger partial charge is 0.347 e. The molecule has 25 heavy (non-hydrogen) atoms. The molecule has 3 rings (SSSR count). The summed E-state index contributed by atoms with van der Waals surface area (Å²) in [5.41, 5.74) is 0.779. The molecule has 2 aromatic heterocycles. The van der Waals surface area contributed by atoms with Crippen molar-refractivity contribution in [1.29, 1.82) is 0 Å².